The van der Waals surface area contributed by atoms with Crippen molar-refractivity contribution in [1.82, 2.24) is 10.4 Å². The summed E-state index contributed by atoms with van der Waals surface area (Å²) < 4.78 is 5.72. The van der Waals surface area contributed by atoms with E-state index >= 15 is 0 Å². The van der Waals surface area contributed by atoms with Crippen LogP contribution in [0.3, 0.4) is 0 Å². The molecule has 0 unspecified atom stereocenters. The van der Waals surface area contributed by atoms with Crippen molar-refractivity contribution in [3.63, 3.8) is 0 Å². The number of hydrogen-bond donors (Lipinski definition) is 1. The van der Waals surface area contributed by atoms with E-state index in [0.29, 0.717) is 10.6 Å². The summed E-state index contributed by atoms with van der Waals surface area (Å²) in [5.74, 6) is -1.09. The van der Waals surface area contributed by atoms with Crippen LogP contribution in [-0.4, -0.2) is 31.0 Å². The van der Waals surface area contributed by atoms with Gasteiger partial charge in [0.05, 0.1) is 20.8 Å². The number of hydrogen-bond acceptors (Lipinski definition) is 9. The summed E-state index contributed by atoms with van der Waals surface area (Å²) in [4.78, 5) is 46.4. The molecule has 0 atom stereocenters. The second kappa shape index (κ2) is 10.7. The molecular formula is C23H13ClN4O7S2. The largest absolute Gasteiger partial charge is 0.450 e. The predicted molar refractivity (Wildman–Crippen MR) is 140 cm³/mol. The van der Waals surface area contributed by atoms with Gasteiger partial charge < -0.3 is 4.74 Å². The Morgan fingerprint density at radius 2 is 1.78 bits per heavy atom. The highest BCUT2D eigenvalue weighted by Gasteiger charge is 2.34. The molecule has 1 aliphatic heterocycles. The fourth-order valence-electron chi connectivity index (χ4n) is 3.13. The first-order valence-corrected chi connectivity index (χ1v) is 11.8. The third kappa shape index (κ3) is 5.91. The topological polar surface area (TPSA) is 145 Å². The summed E-state index contributed by atoms with van der Waals surface area (Å²) in [7, 11) is 0. The van der Waals surface area contributed by atoms with Gasteiger partial charge in [0, 0.05) is 16.7 Å². The monoisotopic (exact) mass is 556 g/mol. The van der Waals surface area contributed by atoms with Crippen molar-refractivity contribution in [3.8, 4) is 11.5 Å². The first-order valence-electron chi connectivity index (χ1n) is 10.2. The number of thioether (sulfide) groups is 1. The van der Waals surface area contributed by atoms with Crippen molar-refractivity contribution < 1.29 is 24.2 Å². The van der Waals surface area contributed by atoms with Crippen LogP contribution in [0, 0.1) is 20.2 Å². The van der Waals surface area contributed by atoms with E-state index in [0.717, 1.165) is 35.0 Å². The van der Waals surface area contributed by atoms with Crippen LogP contribution in [0.1, 0.15) is 15.9 Å². The number of ether oxygens (including phenoxy) is 1. The van der Waals surface area contributed by atoms with Crippen molar-refractivity contribution in [1.29, 1.82) is 0 Å². The molecule has 37 heavy (non-hydrogen) atoms. The number of rotatable bonds is 7. The van der Waals surface area contributed by atoms with Gasteiger partial charge in [0.15, 0.2) is 4.32 Å². The second-order valence-corrected chi connectivity index (χ2v) is 9.42. The summed E-state index contributed by atoms with van der Waals surface area (Å²) in [6.45, 7) is 0. The van der Waals surface area contributed by atoms with Gasteiger partial charge in [-0.1, -0.05) is 35.5 Å². The van der Waals surface area contributed by atoms with Gasteiger partial charge in [0.2, 0.25) is 5.75 Å². The number of nitro benzene ring substituents is 2. The molecule has 0 saturated carbocycles. The molecule has 0 bridgehead atoms. The minimum absolute atomic E-state index is 0.118. The minimum atomic E-state index is -0.782. The number of halogens is 1. The fraction of sp³-hybridized carbons (Fsp3) is 0. The standard InChI is InChI=1S/C23H13ClN4O7S2/c24-15-6-4-14(5-7-15)21(29)25-26-22(30)20(37-23(26)36)11-13-2-1-3-17(10-13)35-19-9-8-16(27(31)32)12-18(19)28(33)34/h1-12H,(H,25,29)/b20-11+. The molecule has 4 rings (SSSR count). The third-order valence-corrected chi connectivity index (χ3v) is 6.40. The van der Waals surface area contributed by atoms with Crippen LogP contribution in [0.4, 0.5) is 11.4 Å². The van der Waals surface area contributed by atoms with Gasteiger partial charge in [-0.05, 0) is 66.3 Å². The number of thiocarbonyl (C=S) groups is 1. The van der Waals surface area contributed by atoms with E-state index in [1.54, 1.807) is 24.3 Å². The Morgan fingerprint density at radius 1 is 1.05 bits per heavy atom. The third-order valence-electron chi connectivity index (χ3n) is 4.85. The van der Waals surface area contributed by atoms with E-state index in [1.807, 2.05) is 0 Å². The lowest BCUT2D eigenvalue weighted by Crippen LogP contribution is -2.44. The van der Waals surface area contributed by atoms with Crippen molar-refractivity contribution >= 4 is 69.2 Å². The lowest BCUT2D eigenvalue weighted by atomic mass is 10.2. The number of nitrogens with zero attached hydrogens (tertiary/aromatic N) is 3. The van der Waals surface area contributed by atoms with Crippen LogP contribution in [0.15, 0.2) is 71.6 Å². The zero-order valence-corrected chi connectivity index (χ0v) is 20.7. The van der Waals surface area contributed by atoms with E-state index in [-0.39, 0.29) is 26.3 Å². The Hall–Kier alpha value is -4.33. The molecule has 1 heterocycles. The van der Waals surface area contributed by atoms with Crippen LogP contribution in [-0.2, 0) is 4.79 Å². The number of amides is 2. The molecule has 14 heteroatoms. The summed E-state index contributed by atoms with van der Waals surface area (Å²) in [6.07, 6.45) is 1.52. The molecule has 3 aromatic rings. The summed E-state index contributed by atoms with van der Waals surface area (Å²) in [5.41, 5.74) is 2.24. The molecule has 186 valence electrons. The van der Waals surface area contributed by atoms with Crippen LogP contribution < -0.4 is 10.2 Å². The zero-order chi connectivity index (χ0) is 26.7. The lowest BCUT2D eigenvalue weighted by Gasteiger charge is -2.15. The average molecular weight is 557 g/mol. The van der Waals surface area contributed by atoms with Crippen LogP contribution in [0.2, 0.25) is 5.02 Å². The highest BCUT2D eigenvalue weighted by atomic mass is 35.5. The van der Waals surface area contributed by atoms with Crippen molar-refractivity contribution in [2.24, 2.45) is 0 Å². The summed E-state index contributed by atoms with van der Waals surface area (Å²) in [6, 6.07) is 15.4. The number of non-ortho nitro benzene ring substituents is 1. The Morgan fingerprint density at radius 3 is 2.46 bits per heavy atom. The molecule has 3 aromatic carbocycles. The number of nitrogens with one attached hydrogen (secondary N) is 1. The van der Waals surface area contributed by atoms with Crippen LogP contribution >= 0.6 is 35.6 Å². The second-order valence-electron chi connectivity index (χ2n) is 7.31. The maximum Gasteiger partial charge on any atom is 0.318 e. The number of carbonyl (C=O) groups is 2. The van der Waals surface area contributed by atoms with Gasteiger partial charge in [-0.15, -0.1) is 0 Å². The molecule has 11 nitrogen and oxygen atoms in total. The first kappa shape index (κ1) is 25.8. The Balaban J connectivity index is 1.52. The number of hydrazine groups is 1. The quantitative estimate of drug-likeness (QED) is 0.173. The molecule has 1 fully saturated rings. The maximum atomic E-state index is 12.9. The van der Waals surface area contributed by atoms with Gasteiger partial charge in [0.1, 0.15) is 5.75 Å². The molecule has 0 spiro atoms. The molecule has 2 amide bonds. The van der Waals surface area contributed by atoms with Crippen LogP contribution in [0.25, 0.3) is 6.08 Å². The van der Waals surface area contributed by atoms with Gasteiger partial charge in [0.25, 0.3) is 17.5 Å². The van der Waals surface area contributed by atoms with Gasteiger partial charge >= 0.3 is 5.69 Å². The molecule has 1 saturated heterocycles. The lowest BCUT2D eigenvalue weighted by molar-refractivity contribution is -0.394. The molecule has 0 aliphatic carbocycles. The minimum Gasteiger partial charge on any atom is -0.450 e. The maximum absolute atomic E-state index is 12.9. The number of carbonyl (C=O) groups excluding carboxylic acids is 2. The average Bonchev–Trinajstić information content (AvgIpc) is 3.11. The highest BCUT2D eigenvalue weighted by Crippen LogP contribution is 2.36. The van der Waals surface area contributed by atoms with Gasteiger partial charge in [-0.2, -0.15) is 5.01 Å². The Kier molecular flexibility index (Phi) is 7.47. The molecule has 1 aliphatic rings. The number of benzene rings is 3. The highest BCUT2D eigenvalue weighted by molar-refractivity contribution is 8.26. The fourth-order valence-corrected chi connectivity index (χ4v) is 4.43. The summed E-state index contributed by atoms with van der Waals surface area (Å²) in [5, 5.41) is 23.7. The normalized spacial score (nSPS) is 14.1. The van der Waals surface area contributed by atoms with E-state index in [2.05, 4.69) is 5.43 Å². The molecule has 0 aromatic heterocycles. The Labute approximate surface area is 222 Å². The van der Waals surface area contributed by atoms with E-state index in [1.165, 1.54) is 30.3 Å². The van der Waals surface area contributed by atoms with Crippen molar-refractivity contribution in [2.45, 2.75) is 0 Å². The van der Waals surface area contributed by atoms with Crippen LogP contribution in [0.5, 0.6) is 11.5 Å². The molecular weight excluding hydrogens is 544 g/mol. The smallest absolute Gasteiger partial charge is 0.318 e. The molecule has 0 radical (unpaired) electrons. The van der Waals surface area contributed by atoms with Gasteiger partial charge in [-0.3, -0.25) is 35.2 Å². The zero-order valence-electron chi connectivity index (χ0n) is 18.3. The Bertz CT molecular complexity index is 1490. The van der Waals surface area contributed by atoms with E-state index < -0.39 is 33.0 Å². The van der Waals surface area contributed by atoms with Gasteiger partial charge in [-0.25, -0.2) is 0 Å². The molecule has 1 N–H and O–H groups in total. The van der Waals surface area contributed by atoms with E-state index in [9.17, 15) is 29.8 Å². The van der Waals surface area contributed by atoms with E-state index in [4.69, 9.17) is 28.6 Å². The predicted octanol–water partition coefficient (Wildman–Crippen LogP) is 5.49. The number of nitro groups is 2. The van der Waals surface area contributed by atoms with Crippen molar-refractivity contribution in [2.75, 3.05) is 0 Å². The summed E-state index contributed by atoms with van der Waals surface area (Å²) >= 11 is 12.0. The van der Waals surface area contributed by atoms with Crippen molar-refractivity contribution in [3.05, 3.63) is 108 Å². The first-order chi connectivity index (χ1) is 17.6. The SMILES string of the molecule is O=C(NN1C(=O)/C(=C\c2cccc(Oc3ccc([N+](=O)[O-])cc3[N+](=O)[O-])c2)SC1=S)c1ccc(Cl)cc1.